The van der Waals surface area contributed by atoms with Gasteiger partial charge in [0, 0.05) is 4.88 Å². The van der Waals surface area contributed by atoms with E-state index in [9.17, 15) is 0 Å². The molecule has 0 aliphatic heterocycles. The molecule has 2 aromatic rings. The number of thiophene rings is 1. The summed E-state index contributed by atoms with van der Waals surface area (Å²) >= 11 is 7.73. The fourth-order valence-corrected chi connectivity index (χ4v) is 3.69. The van der Waals surface area contributed by atoms with Crippen LogP contribution < -0.4 is 5.32 Å². The summed E-state index contributed by atoms with van der Waals surface area (Å²) in [6, 6.07) is 13.0. The molecule has 1 aromatic carbocycles. The third-order valence-electron chi connectivity index (χ3n) is 3.41. The van der Waals surface area contributed by atoms with Gasteiger partial charge in [0.2, 0.25) is 0 Å². The summed E-state index contributed by atoms with van der Waals surface area (Å²) in [7, 11) is 0. The largest absolute Gasteiger partial charge is 0.317 e. The first-order valence-corrected chi connectivity index (χ1v) is 8.37. The van der Waals surface area contributed by atoms with Gasteiger partial charge in [-0.05, 0) is 56.5 Å². The molecule has 1 heterocycles. The van der Waals surface area contributed by atoms with Crippen LogP contribution >= 0.6 is 22.9 Å². The highest BCUT2D eigenvalue weighted by atomic mass is 35.5. The normalized spacial score (nSPS) is 12.6. The van der Waals surface area contributed by atoms with Gasteiger partial charge in [0.25, 0.3) is 0 Å². The molecule has 0 spiro atoms. The van der Waals surface area contributed by atoms with E-state index in [0.29, 0.717) is 5.92 Å². The Morgan fingerprint density at radius 3 is 2.70 bits per heavy atom. The van der Waals surface area contributed by atoms with Crippen LogP contribution in [0.4, 0.5) is 0 Å². The number of nitrogens with one attached hydrogen (secondary N) is 1. The monoisotopic (exact) mass is 307 g/mol. The fourth-order valence-electron chi connectivity index (χ4n) is 2.48. The van der Waals surface area contributed by atoms with Crippen molar-refractivity contribution < 1.29 is 0 Å². The van der Waals surface area contributed by atoms with E-state index in [2.05, 4.69) is 49.5 Å². The average Bonchev–Trinajstić information content (AvgIpc) is 2.81. The smallest absolute Gasteiger partial charge is 0.0931 e. The molecule has 1 N–H and O–H groups in total. The second-order valence-corrected chi connectivity index (χ2v) is 7.08. The van der Waals surface area contributed by atoms with E-state index in [1.807, 2.05) is 6.07 Å². The number of rotatable bonds is 7. The van der Waals surface area contributed by atoms with Crippen molar-refractivity contribution in [2.45, 2.75) is 26.7 Å². The Labute approximate surface area is 131 Å². The van der Waals surface area contributed by atoms with Gasteiger partial charge in [-0.15, -0.1) is 11.3 Å². The van der Waals surface area contributed by atoms with E-state index in [-0.39, 0.29) is 0 Å². The first kappa shape index (κ1) is 15.6. The maximum Gasteiger partial charge on any atom is 0.0931 e. The summed E-state index contributed by atoms with van der Waals surface area (Å²) in [5, 5.41) is 3.48. The van der Waals surface area contributed by atoms with Gasteiger partial charge in [-0.1, -0.05) is 48.4 Å². The van der Waals surface area contributed by atoms with Gasteiger partial charge in [0.1, 0.15) is 0 Å². The van der Waals surface area contributed by atoms with E-state index < -0.39 is 0 Å². The van der Waals surface area contributed by atoms with Gasteiger partial charge in [-0.2, -0.15) is 0 Å². The SMILES string of the molecule is CCNCC(Cc1cccc(C)c1)Cc1ccc(Cl)s1. The summed E-state index contributed by atoms with van der Waals surface area (Å²) < 4.78 is 0.887. The first-order chi connectivity index (χ1) is 9.67. The third-order valence-corrected chi connectivity index (χ3v) is 4.66. The molecule has 0 saturated heterocycles. The Morgan fingerprint density at radius 1 is 1.20 bits per heavy atom. The predicted molar refractivity (Wildman–Crippen MR) is 89.9 cm³/mol. The molecular formula is C17H22ClNS. The Kier molecular flexibility index (Phi) is 6.08. The molecule has 0 aliphatic rings. The Morgan fingerprint density at radius 2 is 2.05 bits per heavy atom. The minimum absolute atomic E-state index is 0.617. The number of hydrogen-bond donors (Lipinski definition) is 1. The lowest BCUT2D eigenvalue weighted by molar-refractivity contribution is 0.481. The van der Waals surface area contributed by atoms with Crippen LogP contribution in [0.3, 0.4) is 0 Å². The van der Waals surface area contributed by atoms with Crippen LogP contribution in [-0.4, -0.2) is 13.1 Å². The molecule has 1 atom stereocenters. The second-order valence-electron chi connectivity index (χ2n) is 5.28. The topological polar surface area (TPSA) is 12.0 Å². The number of aryl methyl sites for hydroxylation is 1. The van der Waals surface area contributed by atoms with Gasteiger partial charge in [-0.25, -0.2) is 0 Å². The van der Waals surface area contributed by atoms with Crippen LogP contribution in [0.2, 0.25) is 4.34 Å². The van der Waals surface area contributed by atoms with Gasteiger partial charge in [-0.3, -0.25) is 0 Å². The van der Waals surface area contributed by atoms with Gasteiger partial charge >= 0.3 is 0 Å². The molecule has 3 heteroatoms. The highest BCUT2D eigenvalue weighted by molar-refractivity contribution is 7.16. The lowest BCUT2D eigenvalue weighted by Gasteiger charge is -2.17. The van der Waals surface area contributed by atoms with Crippen LogP contribution in [-0.2, 0) is 12.8 Å². The van der Waals surface area contributed by atoms with Crippen LogP contribution in [0.5, 0.6) is 0 Å². The van der Waals surface area contributed by atoms with E-state index in [4.69, 9.17) is 11.6 Å². The molecule has 20 heavy (non-hydrogen) atoms. The maximum atomic E-state index is 6.03. The number of halogens is 1. The van der Waals surface area contributed by atoms with Crippen molar-refractivity contribution in [2.24, 2.45) is 5.92 Å². The summed E-state index contributed by atoms with van der Waals surface area (Å²) in [5.41, 5.74) is 2.76. The molecule has 0 radical (unpaired) electrons. The lowest BCUT2D eigenvalue weighted by atomic mass is 9.94. The van der Waals surface area contributed by atoms with Crippen molar-refractivity contribution in [1.29, 1.82) is 0 Å². The number of hydrogen-bond acceptors (Lipinski definition) is 2. The van der Waals surface area contributed by atoms with E-state index in [0.717, 1.165) is 30.3 Å². The quantitative estimate of drug-likeness (QED) is 0.780. The molecule has 108 valence electrons. The van der Waals surface area contributed by atoms with Crippen LogP contribution in [0.1, 0.15) is 22.9 Å². The Bertz CT molecular complexity index is 535. The summed E-state index contributed by atoms with van der Waals surface area (Å²) in [6.45, 7) is 6.39. The Balaban J connectivity index is 2.02. The van der Waals surface area contributed by atoms with Gasteiger partial charge < -0.3 is 5.32 Å². The molecule has 0 fully saturated rings. The van der Waals surface area contributed by atoms with Gasteiger partial charge in [0.05, 0.1) is 4.34 Å². The lowest BCUT2D eigenvalue weighted by Crippen LogP contribution is -2.25. The predicted octanol–water partition coefficient (Wildman–Crippen LogP) is 4.72. The molecular weight excluding hydrogens is 286 g/mol. The molecule has 1 unspecified atom stereocenters. The van der Waals surface area contributed by atoms with E-state index in [1.165, 1.54) is 16.0 Å². The van der Waals surface area contributed by atoms with Crippen molar-refractivity contribution in [1.82, 2.24) is 5.32 Å². The molecule has 0 bridgehead atoms. The molecule has 1 aromatic heterocycles. The number of benzene rings is 1. The van der Waals surface area contributed by atoms with Crippen LogP contribution in [0, 0.1) is 12.8 Å². The molecule has 0 saturated carbocycles. The zero-order valence-corrected chi connectivity index (χ0v) is 13.7. The molecule has 1 nitrogen and oxygen atoms in total. The first-order valence-electron chi connectivity index (χ1n) is 7.18. The zero-order valence-electron chi connectivity index (χ0n) is 12.2. The Hall–Kier alpha value is -0.830. The average molecular weight is 308 g/mol. The maximum absolute atomic E-state index is 6.03. The molecule has 2 rings (SSSR count). The molecule has 0 aliphatic carbocycles. The van der Waals surface area contributed by atoms with Crippen molar-refractivity contribution in [3.05, 3.63) is 56.7 Å². The van der Waals surface area contributed by atoms with Crippen molar-refractivity contribution >= 4 is 22.9 Å². The minimum Gasteiger partial charge on any atom is -0.317 e. The van der Waals surface area contributed by atoms with Crippen molar-refractivity contribution in [3.8, 4) is 0 Å². The van der Waals surface area contributed by atoms with Gasteiger partial charge in [0.15, 0.2) is 0 Å². The van der Waals surface area contributed by atoms with Crippen LogP contribution in [0.25, 0.3) is 0 Å². The fraction of sp³-hybridized carbons (Fsp3) is 0.412. The highest BCUT2D eigenvalue weighted by Crippen LogP contribution is 2.25. The highest BCUT2D eigenvalue weighted by Gasteiger charge is 2.12. The standard InChI is InChI=1S/C17H22ClNS/c1-3-19-12-15(11-16-7-8-17(18)20-16)10-14-6-4-5-13(2)9-14/h4-9,15,19H,3,10-12H2,1-2H3. The van der Waals surface area contributed by atoms with E-state index >= 15 is 0 Å². The van der Waals surface area contributed by atoms with Crippen molar-refractivity contribution in [3.63, 3.8) is 0 Å². The zero-order chi connectivity index (χ0) is 14.4. The summed E-state index contributed by atoms with van der Waals surface area (Å²) in [6.07, 6.45) is 2.21. The third kappa shape index (κ3) is 4.93. The van der Waals surface area contributed by atoms with Crippen LogP contribution in [0.15, 0.2) is 36.4 Å². The van der Waals surface area contributed by atoms with Crippen molar-refractivity contribution in [2.75, 3.05) is 13.1 Å². The minimum atomic E-state index is 0.617. The second kappa shape index (κ2) is 7.82. The summed E-state index contributed by atoms with van der Waals surface area (Å²) in [4.78, 5) is 1.38. The summed E-state index contributed by atoms with van der Waals surface area (Å²) in [5.74, 6) is 0.617. The van der Waals surface area contributed by atoms with E-state index in [1.54, 1.807) is 11.3 Å². The molecule has 0 amide bonds.